The Labute approximate surface area is 98.1 Å². The van der Waals surface area contributed by atoms with Crippen molar-refractivity contribution in [1.82, 2.24) is 5.32 Å². The molecule has 4 N–H and O–H groups in total. The van der Waals surface area contributed by atoms with Crippen molar-refractivity contribution in [2.75, 3.05) is 18.5 Å². The van der Waals surface area contributed by atoms with Crippen LogP contribution in [0.2, 0.25) is 0 Å². The van der Waals surface area contributed by atoms with E-state index in [1.165, 1.54) is 0 Å². The summed E-state index contributed by atoms with van der Waals surface area (Å²) in [5.41, 5.74) is 6.67. The molecule has 6 heteroatoms. The first-order valence-electron chi connectivity index (χ1n) is 5.21. The van der Waals surface area contributed by atoms with Gasteiger partial charge in [-0.05, 0) is 17.7 Å². The van der Waals surface area contributed by atoms with E-state index in [-0.39, 0.29) is 25.0 Å². The average Bonchev–Trinajstić information content (AvgIpc) is 2.35. The molecule has 1 aromatic rings. The van der Waals surface area contributed by atoms with E-state index >= 15 is 0 Å². The van der Waals surface area contributed by atoms with Gasteiger partial charge in [-0.2, -0.15) is 0 Å². The van der Waals surface area contributed by atoms with Crippen molar-refractivity contribution in [1.29, 1.82) is 0 Å². The molecule has 0 atom stereocenters. The van der Waals surface area contributed by atoms with Crippen LogP contribution in [-0.4, -0.2) is 25.0 Å². The van der Waals surface area contributed by atoms with Crippen LogP contribution in [0.25, 0.3) is 0 Å². The van der Waals surface area contributed by atoms with Gasteiger partial charge in [-0.3, -0.25) is 9.59 Å². The molecule has 1 heterocycles. The van der Waals surface area contributed by atoms with Crippen LogP contribution in [0, 0.1) is 0 Å². The lowest BCUT2D eigenvalue weighted by atomic mass is 10.1. The van der Waals surface area contributed by atoms with E-state index in [0.717, 1.165) is 5.56 Å². The van der Waals surface area contributed by atoms with Gasteiger partial charge in [0.15, 0.2) is 6.61 Å². The molecule has 0 fully saturated rings. The maximum atomic E-state index is 11.1. The van der Waals surface area contributed by atoms with Gasteiger partial charge in [0.05, 0.1) is 12.2 Å². The summed E-state index contributed by atoms with van der Waals surface area (Å²) in [6, 6.07) is 5.36. The van der Waals surface area contributed by atoms with Crippen LogP contribution in [0.4, 0.5) is 5.69 Å². The number of anilines is 1. The Bertz CT molecular complexity index is 459. The van der Waals surface area contributed by atoms with E-state index in [2.05, 4.69) is 10.6 Å². The highest BCUT2D eigenvalue weighted by Gasteiger charge is 2.15. The molecule has 17 heavy (non-hydrogen) atoms. The molecule has 1 aliphatic heterocycles. The first-order chi connectivity index (χ1) is 8.19. The number of hydrogen-bond donors (Lipinski definition) is 3. The predicted octanol–water partition coefficient (Wildman–Crippen LogP) is -0.408. The first kappa shape index (κ1) is 11.4. The molecule has 0 saturated carbocycles. The number of hydrogen-bond acceptors (Lipinski definition) is 4. The zero-order valence-corrected chi connectivity index (χ0v) is 9.16. The summed E-state index contributed by atoms with van der Waals surface area (Å²) in [4.78, 5) is 22.1. The summed E-state index contributed by atoms with van der Waals surface area (Å²) in [6.45, 7) is 0.375. The summed E-state index contributed by atoms with van der Waals surface area (Å²) in [6.07, 6.45) is 0. The molecule has 0 aliphatic carbocycles. The van der Waals surface area contributed by atoms with Crippen molar-refractivity contribution >= 4 is 17.5 Å². The van der Waals surface area contributed by atoms with Crippen LogP contribution in [0.1, 0.15) is 5.56 Å². The largest absolute Gasteiger partial charge is 0.482 e. The fourth-order valence-corrected chi connectivity index (χ4v) is 1.51. The molecule has 0 spiro atoms. The van der Waals surface area contributed by atoms with E-state index in [4.69, 9.17) is 10.5 Å². The summed E-state index contributed by atoms with van der Waals surface area (Å²) >= 11 is 0. The van der Waals surface area contributed by atoms with Crippen molar-refractivity contribution in [3.8, 4) is 5.75 Å². The minimum absolute atomic E-state index is 0.0369. The third-order valence-electron chi connectivity index (χ3n) is 2.35. The number of amides is 2. The molecule has 0 unspecified atom stereocenters. The highest BCUT2D eigenvalue weighted by atomic mass is 16.5. The Morgan fingerprint density at radius 3 is 3.12 bits per heavy atom. The second kappa shape index (κ2) is 4.84. The lowest BCUT2D eigenvalue weighted by Crippen LogP contribution is -2.30. The van der Waals surface area contributed by atoms with E-state index in [9.17, 15) is 9.59 Å². The second-order valence-electron chi connectivity index (χ2n) is 3.65. The van der Waals surface area contributed by atoms with Crippen LogP contribution >= 0.6 is 0 Å². The fourth-order valence-electron chi connectivity index (χ4n) is 1.51. The minimum Gasteiger partial charge on any atom is -0.482 e. The van der Waals surface area contributed by atoms with Gasteiger partial charge in [0.1, 0.15) is 5.75 Å². The Hall–Kier alpha value is -2.08. The van der Waals surface area contributed by atoms with Gasteiger partial charge >= 0.3 is 0 Å². The third-order valence-corrected chi connectivity index (χ3v) is 2.35. The van der Waals surface area contributed by atoms with Gasteiger partial charge in [0.2, 0.25) is 5.91 Å². The van der Waals surface area contributed by atoms with Crippen LogP contribution < -0.4 is 21.1 Å². The molecule has 2 rings (SSSR count). The van der Waals surface area contributed by atoms with Crippen molar-refractivity contribution in [2.45, 2.75) is 6.54 Å². The Morgan fingerprint density at radius 2 is 2.35 bits per heavy atom. The van der Waals surface area contributed by atoms with Crippen molar-refractivity contribution in [3.05, 3.63) is 23.8 Å². The average molecular weight is 235 g/mol. The van der Waals surface area contributed by atoms with Gasteiger partial charge in [-0.25, -0.2) is 0 Å². The fraction of sp³-hybridized carbons (Fsp3) is 0.273. The molecule has 0 aromatic heterocycles. The standard InChI is InChI=1S/C11H13N3O3/c12-4-10(15)13-5-7-1-2-9-8(3-7)14-11(16)6-17-9/h1-3H,4-6,12H2,(H,13,15)(H,14,16). The molecule has 90 valence electrons. The Morgan fingerprint density at radius 1 is 1.53 bits per heavy atom. The monoisotopic (exact) mass is 235 g/mol. The molecule has 6 nitrogen and oxygen atoms in total. The highest BCUT2D eigenvalue weighted by molar-refractivity contribution is 5.95. The zero-order chi connectivity index (χ0) is 12.3. The second-order valence-corrected chi connectivity index (χ2v) is 3.65. The number of carbonyl (C=O) groups excluding carboxylic acids is 2. The van der Waals surface area contributed by atoms with Crippen LogP contribution in [0.15, 0.2) is 18.2 Å². The van der Waals surface area contributed by atoms with Gasteiger partial charge in [-0.15, -0.1) is 0 Å². The van der Waals surface area contributed by atoms with Gasteiger partial charge < -0.3 is 21.1 Å². The molecule has 0 saturated heterocycles. The van der Waals surface area contributed by atoms with E-state index in [1.807, 2.05) is 6.07 Å². The predicted molar refractivity (Wildman–Crippen MR) is 61.5 cm³/mol. The van der Waals surface area contributed by atoms with Crippen LogP contribution in [-0.2, 0) is 16.1 Å². The van der Waals surface area contributed by atoms with E-state index in [0.29, 0.717) is 18.0 Å². The quantitative estimate of drug-likeness (QED) is 0.664. The minimum atomic E-state index is -0.219. The molecule has 2 amide bonds. The zero-order valence-electron chi connectivity index (χ0n) is 9.16. The SMILES string of the molecule is NCC(=O)NCc1ccc2c(c1)NC(=O)CO2. The molecule has 1 aromatic carbocycles. The number of ether oxygens (including phenoxy) is 1. The smallest absolute Gasteiger partial charge is 0.262 e. The highest BCUT2D eigenvalue weighted by Crippen LogP contribution is 2.28. The summed E-state index contributed by atoms with van der Waals surface area (Å²) in [7, 11) is 0. The Balaban J connectivity index is 2.07. The van der Waals surface area contributed by atoms with Crippen molar-refractivity contribution < 1.29 is 14.3 Å². The summed E-state index contributed by atoms with van der Waals surface area (Å²) in [5, 5.41) is 5.35. The third kappa shape index (κ3) is 2.73. The van der Waals surface area contributed by atoms with Crippen molar-refractivity contribution in [3.63, 3.8) is 0 Å². The van der Waals surface area contributed by atoms with Crippen molar-refractivity contribution in [2.24, 2.45) is 5.73 Å². The molecule has 1 aliphatic rings. The molecule has 0 bridgehead atoms. The first-order valence-corrected chi connectivity index (χ1v) is 5.21. The molecular formula is C11H13N3O3. The normalized spacial score (nSPS) is 13.4. The Kier molecular flexibility index (Phi) is 3.24. The van der Waals surface area contributed by atoms with Crippen LogP contribution in [0.5, 0.6) is 5.75 Å². The summed E-state index contributed by atoms with van der Waals surface area (Å²) < 4.78 is 5.22. The number of benzene rings is 1. The van der Waals surface area contributed by atoms with Gasteiger partial charge in [0, 0.05) is 6.54 Å². The van der Waals surface area contributed by atoms with E-state index in [1.54, 1.807) is 12.1 Å². The maximum absolute atomic E-state index is 11.1. The summed E-state index contributed by atoms with van der Waals surface area (Å²) in [5.74, 6) is 0.238. The molecular weight excluding hydrogens is 222 g/mol. The number of fused-ring (bicyclic) bond motifs is 1. The van der Waals surface area contributed by atoms with E-state index < -0.39 is 0 Å². The van der Waals surface area contributed by atoms with Crippen LogP contribution in [0.3, 0.4) is 0 Å². The number of rotatable bonds is 3. The number of nitrogens with one attached hydrogen (secondary N) is 2. The number of carbonyl (C=O) groups is 2. The van der Waals surface area contributed by atoms with Gasteiger partial charge in [-0.1, -0.05) is 6.07 Å². The maximum Gasteiger partial charge on any atom is 0.262 e. The van der Waals surface area contributed by atoms with Gasteiger partial charge in [0.25, 0.3) is 5.91 Å². The molecule has 0 radical (unpaired) electrons. The topological polar surface area (TPSA) is 93.5 Å². The lowest BCUT2D eigenvalue weighted by Gasteiger charge is -2.18. The number of nitrogens with two attached hydrogens (primary N) is 1. The lowest BCUT2D eigenvalue weighted by molar-refractivity contribution is -0.120.